The molecule has 1 aliphatic carbocycles. The number of amides is 1. The summed E-state index contributed by atoms with van der Waals surface area (Å²) in [7, 11) is 0. The first-order valence-electron chi connectivity index (χ1n) is 9.94. The van der Waals surface area contributed by atoms with Crippen molar-refractivity contribution in [3.05, 3.63) is 24.3 Å². The third-order valence-corrected chi connectivity index (χ3v) is 6.62. The molecule has 6 nitrogen and oxygen atoms in total. The number of aromatic nitrogens is 2. The molecule has 1 unspecified atom stereocenters. The third-order valence-electron chi connectivity index (χ3n) is 6.62. The summed E-state index contributed by atoms with van der Waals surface area (Å²) in [5, 5.41) is 6.74. The van der Waals surface area contributed by atoms with Crippen LogP contribution in [0.5, 0.6) is 0 Å². The molecule has 2 aromatic rings. The Morgan fingerprint density at radius 3 is 2.73 bits per heavy atom. The van der Waals surface area contributed by atoms with Crippen LogP contribution in [0, 0.1) is 11.3 Å². The standard InChI is InChI=1S/C20H27N5O/c26-18(15-13-20(15)7-9-21-10-8-20)22-14-5-11-25(12-6-14)19-23-16-3-1-2-4-17(16)24-19/h1-4,14-15,21H,5-13H2,(H,22,26)(H,23,24). The largest absolute Gasteiger partial charge is 0.353 e. The molecular formula is C20H27N5O. The van der Waals surface area contributed by atoms with E-state index in [-0.39, 0.29) is 5.92 Å². The lowest BCUT2D eigenvalue weighted by Gasteiger charge is -2.32. The summed E-state index contributed by atoms with van der Waals surface area (Å²) in [5.74, 6) is 1.51. The van der Waals surface area contributed by atoms with Crippen LogP contribution in [0.2, 0.25) is 0 Å². The number of aromatic amines is 1. The van der Waals surface area contributed by atoms with E-state index in [1.807, 2.05) is 18.2 Å². The molecule has 0 bridgehead atoms. The summed E-state index contributed by atoms with van der Waals surface area (Å²) in [6.07, 6.45) is 5.40. The SMILES string of the molecule is O=C(NC1CCN(c2nc3ccccc3[nH]2)CC1)C1CC12CCNCC2. The van der Waals surface area contributed by atoms with Gasteiger partial charge in [0.05, 0.1) is 11.0 Å². The van der Waals surface area contributed by atoms with Crippen molar-refractivity contribution in [3.63, 3.8) is 0 Å². The Morgan fingerprint density at radius 2 is 1.96 bits per heavy atom. The zero-order chi connectivity index (χ0) is 17.6. The van der Waals surface area contributed by atoms with Gasteiger partial charge in [-0.3, -0.25) is 4.79 Å². The number of nitrogens with one attached hydrogen (secondary N) is 3. The minimum absolute atomic E-state index is 0.262. The second-order valence-corrected chi connectivity index (χ2v) is 8.22. The van der Waals surface area contributed by atoms with E-state index in [1.165, 1.54) is 0 Å². The third kappa shape index (κ3) is 2.86. The van der Waals surface area contributed by atoms with E-state index in [4.69, 9.17) is 4.98 Å². The molecular weight excluding hydrogens is 326 g/mol. The summed E-state index contributed by atoms with van der Waals surface area (Å²) >= 11 is 0. The van der Waals surface area contributed by atoms with E-state index in [9.17, 15) is 4.79 Å². The van der Waals surface area contributed by atoms with E-state index < -0.39 is 0 Å². The predicted molar refractivity (Wildman–Crippen MR) is 102 cm³/mol. The Labute approximate surface area is 153 Å². The van der Waals surface area contributed by atoms with Crippen molar-refractivity contribution in [2.75, 3.05) is 31.1 Å². The number of fused-ring (bicyclic) bond motifs is 1. The van der Waals surface area contributed by atoms with Gasteiger partial charge in [-0.2, -0.15) is 0 Å². The fourth-order valence-electron chi connectivity index (χ4n) is 4.82. The van der Waals surface area contributed by atoms with Gasteiger partial charge in [-0.25, -0.2) is 4.98 Å². The fraction of sp³-hybridized carbons (Fsp3) is 0.600. The number of imidazole rings is 1. The monoisotopic (exact) mass is 353 g/mol. The van der Waals surface area contributed by atoms with Crippen molar-refractivity contribution >= 4 is 22.9 Å². The van der Waals surface area contributed by atoms with Crippen LogP contribution < -0.4 is 15.5 Å². The van der Waals surface area contributed by atoms with E-state index in [2.05, 4.69) is 26.6 Å². The number of piperidine rings is 2. The van der Waals surface area contributed by atoms with Gasteiger partial charge < -0.3 is 20.5 Å². The molecule has 3 aliphatic rings. The van der Waals surface area contributed by atoms with Crippen LogP contribution in [0.4, 0.5) is 5.95 Å². The maximum absolute atomic E-state index is 12.7. The number of hydrogen-bond donors (Lipinski definition) is 3. The summed E-state index contributed by atoms with van der Waals surface area (Å²) in [4.78, 5) is 23.1. The van der Waals surface area contributed by atoms with Crippen molar-refractivity contribution in [1.29, 1.82) is 0 Å². The first-order valence-corrected chi connectivity index (χ1v) is 9.94. The average Bonchev–Trinajstić information content (AvgIpc) is 3.18. The molecule has 1 amide bonds. The number of anilines is 1. The van der Waals surface area contributed by atoms with Crippen LogP contribution in [-0.4, -0.2) is 48.1 Å². The van der Waals surface area contributed by atoms with Gasteiger partial charge in [0.2, 0.25) is 11.9 Å². The average molecular weight is 353 g/mol. The van der Waals surface area contributed by atoms with Gasteiger partial charge in [-0.05, 0) is 62.7 Å². The molecule has 1 saturated carbocycles. The lowest BCUT2D eigenvalue weighted by Crippen LogP contribution is -2.46. The topological polar surface area (TPSA) is 73.0 Å². The number of carbonyl (C=O) groups excluding carboxylic acids is 1. The maximum Gasteiger partial charge on any atom is 0.223 e. The fourth-order valence-corrected chi connectivity index (χ4v) is 4.82. The number of benzene rings is 1. The summed E-state index contributed by atoms with van der Waals surface area (Å²) < 4.78 is 0. The Bertz CT molecular complexity index is 768. The molecule has 1 spiro atoms. The number of nitrogens with zero attached hydrogens (tertiary/aromatic N) is 2. The molecule has 1 atom stereocenters. The van der Waals surface area contributed by atoms with Crippen LogP contribution in [0.1, 0.15) is 32.1 Å². The minimum Gasteiger partial charge on any atom is -0.353 e. The second kappa shape index (κ2) is 6.27. The zero-order valence-corrected chi connectivity index (χ0v) is 15.1. The maximum atomic E-state index is 12.7. The first kappa shape index (κ1) is 16.1. The molecule has 0 radical (unpaired) electrons. The molecule has 26 heavy (non-hydrogen) atoms. The molecule has 2 aliphatic heterocycles. The van der Waals surface area contributed by atoms with E-state index in [1.54, 1.807) is 0 Å². The van der Waals surface area contributed by atoms with Crippen LogP contribution in [0.25, 0.3) is 11.0 Å². The van der Waals surface area contributed by atoms with Crippen LogP contribution in [0.3, 0.4) is 0 Å². The van der Waals surface area contributed by atoms with Crippen LogP contribution in [-0.2, 0) is 4.79 Å². The number of hydrogen-bond acceptors (Lipinski definition) is 4. The van der Waals surface area contributed by atoms with Gasteiger partial charge >= 0.3 is 0 Å². The van der Waals surface area contributed by atoms with E-state index >= 15 is 0 Å². The second-order valence-electron chi connectivity index (χ2n) is 8.22. The van der Waals surface area contributed by atoms with Gasteiger partial charge in [0.1, 0.15) is 0 Å². The molecule has 5 rings (SSSR count). The quantitative estimate of drug-likeness (QED) is 0.790. The highest BCUT2D eigenvalue weighted by Gasteiger charge is 2.57. The summed E-state index contributed by atoms with van der Waals surface area (Å²) in [6.45, 7) is 4.01. The van der Waals surface area contributed by atoms with E-state index in [0.717, 1.165) is 75.3 Å². The van der Waals surface area contributed by atoms with Gasteiger partial charge in [-0.15, -0.1) is 0 Å². The van der Waals surface area contributed by atoms with Crippen molar-refractivity contribution < 1.29 is 4.79 Å². The van der Waals surface area contributed by atoms with Crippen molar-refractivity contribution in [3.8, 4) is 0 Å². The lowest BCUT2D eigenvalue weighted by molar-refractivity contribution is -0.124. The highest BCUT2D eigenvalue weighted by Crippen LogP contribution is 2.58. The zero-order valence-electron chi connectivity index (χ0n) is 15.1. The smallest absolute Gasteiger partial charge is 0.223 e. The molecule has 1 aromatic heterocycles. The first-order chi connectivity index (χ1) is 12.7. The van der Waals surface area contributed by atoms with Gasteiger partial charge in [0.25, 0.3) is 0 Å². The number of para-hydroxylation sites is 2. The molecule has 6 heteroatoms. The Balaban J connectivity index is 1.15. The molecule has 3 heterocycles. The number of rotatable bonds is 3. The highest BCUT2D eigenvalue weighted by atomic mass is 16.2. The summed E-state index contributed by atoms with van der Waals surface area (Å²) in [6, 6.07) is 8.45. The van der Waals surface area contributed by atoms with Gasteiger partial charge in [-0.1, -0.05) is 12.1 Å². The van der Waals surface area contributed by atoms with Crippen molar-refractivity contribution in [1.82, 2.24) is 20.6 Å². The molecule has 3 fully saturated rings. The van der Waals surface area contributed by atoms with Crippen LogP contribution in [0.15, 0.2) is 24.3 Å². The molecule has 138 valence electrons. The highest BCUT2D eigenvalue weighted by molar-refractivity contribution is 5.83. The van der Waals surface area contributed by atoms with Crippen LogP contribution >= 0.6 is 0 Å². The van der Waals surface area contributed by atoms with Gasteiger partial charge in [0, 0.05) is 25.0 Å². The Kier molecular flexibility index (Phi) is 3.89. The Hall–Kier alpha value is -2.08. The van der Waals surface area contributed by atoms with Gasteiger partial charge in [0.15, 0.2) is 0 Å². The number of carbonyl (C=O) groups is 1. The minimum atomic E-state index is 0.262. The van der Waals surface area contributed by atoms with Crippen molar-refractivity contribution in [2.24, 2.45) is 11.3 Å². The Morgan fingerprint density at radius 1 is 1.19 bits per heavy atom. The molecule has 3 N–H and O–H groups in total. The van der Waals surface area contributed by atoms with Crippen molar-refractivity contribution in [2.45, 2.75) is 38.1 Å². The molecule has 2 saturated heterocycles. The normalized spacial score (nSPS) is 25.5. The summed E-state index contributed by atoms with van der Waals surface area (Å²) in [5.41, 5.74) is 2.42. The van der Waals surface area contributed by atoms with E-state index in [0.29, 0.717) is 17.4 Å². The number of H-pyrrole nitrogens is 1. The predicted octanol–water partition coefficient (Wildman–Crippen LogP) is 2.04. The molecule has 1 aromatic carbocycles. The lowest BCUT2D eigenvalue weighted by atomic mass is 9.91.